The maximum absolute atomic E-state index is 12.7. The molecule has 2 amide bonds. The molecule has 6 N–H and O–H groups in total. The van der Waals surface area contributed by atoms with Gasteiger partial charge >= 0.3 is 0 Å². The normalized spacial score (nSPS) is 23.2. The van der Waals surface area contributed by atoms with Crippen molar-refractivity contribution < 1.29 is 19.5 Å². The summed E-state index contributed by atoms with van der Waals surface area (Å²) in [5, 5.41) is 18.5. The number of hydrogen-bond acceptors (Lipinski definition) is 6. The summed E-state index contributed by atoms with van der Waals surface area (Å²) >= 11 is 0. The minimum atomic E-state index is -1.13. The maximum Gasteiger partial charge on any atom is 0.245 e. The smallest absolute Gasteiger partial charge is 0.245 e. The molecule has 0 aliphatic carbocycles. The number of carbonyl (C=O) groups is 3. The highest BCUT2D eigenvalue weighted by molar-refractivity contribution is 5.94. The Morgan fingerprint density at radius 1 is 1.11 bits per heavy atom. The summed E-state index contributed by atoms with van der Waals surface area (Å²) in [7, 11) is 0. The Hall–Kier alpha value is -1.51. The molecule has 1 saturated heterocycles. The first-order valence-corrected chi connectivity index (χ1v) is 10.3. The van der Waals surface area contributed by atoms with Crippen LogP contribution in [0.1, 0.15) is 47.5 Å². The third-order valence-corrected chi connectivity index (χ3v) is 5.14. The van der Waals surface area contributed by atoms with Crippen LogP contribution in [0.15, 0.2) is 0 Å². The van der Waals surface area contributed by atoms with Gasteiger partial charge in [0.25, 0.3) is 0 Å². The third-order valence-electron chi connectivity index (χ3n) is 5.14. The van der Waals surface area contributed by atoms with Crippen LogP contribution in [0.5, 0.6) is 0 Å². The molecule has 0 aromatic carbocycles. The van der Waals surface area contributed by atoms with E-state index in [2.05, 4.69) is 29.8 Å². The number of amides is 2. The highest BCUT2D eigenvalue weighted by Crippen LogP contribution is 2.23. The number of aliphatic hydroxyl groups excluding tert-OH is 1. The van der Waals surface area contributed by atoms with E-state index in [1.165, 1.54) is 6.92 Å². The number of carbonyl (C=O) groups excluding carboxylic acids is 3. The van der Waals surface area contributed by atoms with Crippen molar-refractivity contribution in [3.63, 3.8) is 0 Å². The van der Waals surface area contributed by atoms with Crippen molar-refractivity contribution in [3.05, 3.63) is 0 Å². The van der Waals surface area contributed by atoms with Crippen LogP contribution in [0.4, 0.5) is 0 Å². The molecule has 28 heavy (non-hydrogen) atoms. The molecule has 0 aromatic rings. The van der Waals surface area contributed by atoms with Crippen LogP contribution in [-0.2, 0) is 14.4 Å². The van der Waals surface area contributed by atoms with Crippen LogP contribution < -0.4 is 21.7 Å². The molecular weight excluding hydrogens is 360 g/mol. The van der Waals surface area contributed by atoms with Crippen LogP contribution in [0.2, 0.25) is 0 Å². The van der Waals surface area contributed by atoms with Gasteiger partial charge in [-0.1, -0.05) is 27.7 Å². The van der Waals surface area contributed by atoms with Crippen molar-refractivity contribution in [2.75, 3.05) is 19.6 Å². The molecule has 2 unspecified atom stereocenters. The predicted octanol–water partition coefficient (Wildman–Crippen LogP) is -0.208. The molecule has 0 saturated carbocycles. The first-order chi connectivity index (χ1) is 13.1. The first-order valence-electron chi connectivity index (χ1n) is 10.3. The first kappa shape index (κ1) is 24.5. The van der Waals surface area contributed by atoms with Crippen molar-refractivity contribution in [2.45, 2.75) is 65.6 Å². The number of nitrogens with two attached hydrogens (primary N) is 1. The molecule has 5 atom stereocenters. The molecule has 1 rings (SSSR count). The highest BCUT2D eigenvalue weighted by Gasteiger charge is 2.33. The van der Waals surface area contributed by atoms with Crippen LogP contribution in [0, 0.1) is 23.7 Å². The zero-order valence-electron chi connectivity index (χ0n) is 17.8. The van der Waals surface area contributed by atoms with E-state index in [0.717, 1.165) is 19.4 Å². The van der Waals surface area contributed by atoms with E-state index >= 15 is 0 Å². The van der Waals surface area contributed by atoms with E-state index in [1.54, 1.807) is 13.8 Å². The number of hydrogen-bond donors (Lipinski definition) is 5. The lowest BCUT2D eigenvalue weighted by Gasteiger charge is -2.32. The Kier molecular flexibility index (Phi) is 10.1. The quantitative estimate of drug-likeness (QED) is 0.346. The van der Waals surface area contributed by atoms with E-state index < -0.39 is 24.1 Å². The lowest BCUT2D eigenvalue weighted by Crippen LogP contribution is -2.59. The van der Waals surface area contributed by atoms with Crippen LogP contribution in [0.3, 0.4) is 0 Å². The fourth-order valence-corrected chi connectivity index (χ4v) is 3.66. The van der Waals surface area contributed by atoms with E-state index in [9.17, 15) is 19.5 Å². The largest absolute Gasteiger partial charge is 0.391 e. The molecule has 8 nitrogen and oxygen atoms in total. The lowest BCUT2D eigenvalue weighted by molar-refractivity contribution is -0.135. The zero-order chi connectivity index (χ0) is 21.4. The second-order valence-corrected chi connectivity index (χ2v) is 8.67. The van der Waals surface area contributed by atoms with Crippen LogP contribution >= 0.6 is 0 Å². The zero-order valence-corrected chi connectivity index (χ0v) is 17.8. The van der Waals surface area contributed by atoms with Crippen molar-refractivity contribution in [3.8, 4) is 0 Å². The molecule has 1 aliphatic rings. The number of aliphatic hydroxyl groups is 1. The molecule has 1 heterocycles. The van der Waals surface area contributed by atoms with E-state index in [0.29, 0.717) is 18.4 Å². The molecule has 162 valence electrons. The Morgan fingerprint density at radius 2 is 1.75 bits per heavy atom. The van der Waals surface area contributed by atoms with Gasteiger partial charge in [0.1, 0.15) is 6.04 Å². The molecular formula is C20H38N4O4. The van der Waals surface area contributed by atoms with E-state index in [-0.39, 0.29) is 30.1 Å². The molecule has 1 aliphatic heterocycles. The minimum Gasteiger partial charge on any atom is -0.391 e. The Bertz CT molecular complexity index is 536. The number of piperidine rings is 1. The summed E-state index contributed by atoms with van der Waals surface area (Å²) in [5.41, 5.74) is 5.62. The van der Waals surface area contributed by atoms with Crippen LogP contribution in [-0.4, -0.2) is 60.5 Å². The molecule has 1 fully saturated rings. The average Bonchev–Trinajstić information content (AvgIpc) is 2.62. The van der Waals surface area contributed by atoms with Gasteiger partial charge in [0.05, 0.1) is 18.1 Å². The standard InChI is InChI=1S/C20H38N4O4/c1-11(2)6-14-7-15(10-22-9-14)19(27)24-17(13(5)25)20(28)23-16(8-21)18(26)12(3)4/h11-17,22,25H,6-10,21H2,1-5H3,(H,23,28)(H,24,27)/t13-,14?,15?,16+,17-/m0/s1. The number of ketones is 1. The summed E-state index contributed by atoms with van der Waals surface area (Å²) in [4.78, 5) is 37.5. The van der Waals surface area contributed by atoms with Gasteiger partial charge in [-0.05, 0) is 38.1 Å². The molecule has 0 radical (unpaired) electrons. The number of nitrogens with one attached hydrogen (secondary N) is 3. The molecule has 0 aromatic heterocycles. The predicted molar refractivity (Wildman–Crippen MR) is 108 cm³/mol. The SMILES string of the molecule is CC(C)CC1CNCC(C(=O)N[C@H](C(=O)N[C@H](CN)C(=O)C(C)C)[C@H](C)O)C1. The average molecular weight is 399 g/mol. The Morgan fingerprint density at radius 3 is 2.25 bits per heavy atom. The van der Waals surface area contributed by atoms with Gasteiger partial charge in [-0.3, -0.25) is 14.4 Å². The van der Waals surface area contributed by atoms with Gasteiger partial charge < -0.3 is 26.8 Å². The van der Waals surface area contributed by atoms with Crippen molar-refractivity contribution >= 4 is 17.6 Å². The fraction of sp³-hybridized carbons (Fsp3) is 0.850. The summed E-state index contributed by atoms with van der Waals surface area (Å²) in [5.74, 6) is -0.616. The maximum atomic E-state index is 12.7. The summed E-state index contributed by atoms with van der Waals surface area (Å²) in [6.45, 7) is 10.6. The highest BCUT2D eigenvalue weighted by atomic mass is 16.3. The van der Waals surface area contributed by atoms with Gasteiger partial charge in [0, 0.05) is 19.0 Å². The van der Waals surface area contributed by atoms with Gasteiger partial charge in [0.15, 0.2) is 5.78 Å². The molecule has 8 heteroatoms. The van der Waals surface area contributed by atoms with Gasteiger partial charge in [0.2, 0.25) is 11.8 Å². The monoisotopic (exact) mass is 398 g/mol. The van der Waals surface area contributed by atoms with Crippen LogP contribution in [0.25, 0.3) is 0 Å². The number of Topliss-reactive ketones (excluding diaryl/α,β-unsaturated/α-hetero) is 1. The van der Waals surface area contributed by atoms with Crippen molar-refractivity contribution in [2.24, 2.45) is 29.4 Å². The van der Waals surface area contributed by atoms with E-state index in [4.69, 9.17) is 5.73 Å². The van der Waals surface area contributed by atoms with Gasteiger partial charge in [-0.2, -0.15) is 0 Å². The lowest BCUT2D eigenvalue weighted by atomic mass is 9.84. The summed E-state index contributed by atoms with van der Waals surface area (Å²) < 4.78 is 0. The minimum absolute atomic E-state index is 0.0351. The Labute approximate surface area is 168 Å². The molecule has 0 bridgehead atoms. The summed E-state index contributed by atoms with van der Waals surface area (Å²) in [6, 6.07) is -1.97. The topological polar surface area (TPSA) is 134 Å². The van der Waals surface area contributed by atoms with Gasteiger partial charge in [-0.15, -0.1) is 0 Å². The fourth-order valence-electron chi connectivity index (χ4n) is 3.66. The second kappa shape index (κ2) is 11.5. The van der Waals surface area contributed by atoms with Gasteiger partial charge in [-0.25, -0.2) is 0 Å². The number of rotatable bonds is 10. The summed E-state index contributed by atoms with van der Waals surface area (Å²) in [6.07, 6.45) is 0.689. The molecule has 0 spiro atoms. The van der Waals surface area contributed by atoms with E-state index in [1.807, 2.05) is 0 Å². The van der Waals surface area contributed by atoms with Crippen molar-refractivity contribution in [1.29, 1.82) is 0 Å². The third kappa shape index (κ3) is 7.48. The van der Waals surface area contributed by atoms with Crippen molar-refractivity contribution in [1.82, 2.24) is 16.0 Å². The second-order valence-electron chi connectivity index (χ2n) is 8.67. The Balaban J connectivity index is 2.73.